The number of piperidine rings is 1. The summed E-state index contributed by atoms with van der Waals surface area (Å²) in [6, 6.07) is 0.501. The third-order valence-electron chi connectivity index (χ3n) is 3.20. The van der Waals surface area contributed by atoms with Crippen molar-refractivity contribution in [3.8, 4) is 0 Å². The SMILES string of the molecule is CNC1CCN(C(=O)c2cn[nH]n2)CC1C. The smallest absolute Gasteiger partial charge is 0.276 e. The molecule has 0 bridgehead atoms. The largest absolute Gasteiger partial charge is 0.337 e. The van der Waals surface area contributed by atoms with E-state index in [1.54, 1.807) is 0 Å². The number of hydrogen-bond donors (Lipinski definition) is 2. The normalized spacial score (nSPS) is 25.8. The molecule has 1 aliphatic rings. The summed E-state index contributed by atoms with van der Waals surface area (Å²) in [5.74, 6) is 0.435. The van der Waals surface area contributed by atoms with Crippen LogP contribution in [0, 0.1) is 5.92 Å². The van der Waals surface area contributed by atoms with E-state index in [1.807, 2.05) is 11.9 Å². The summed E-state index contributed by atoms with van der Waals surface area (Å²) in [5, 5.41) is 13.2. The second kappa shape index (κ2) is 4.61. The molecule has 6 heteroatoms. The zero-order valence-corrected chi connectivity index (χ0v) is 9.60. The molecule has 16 heavy (non-hydrogen) atoms. The van der Waals surface area contributed by atoms with Crippen molar-refractivity contribution in [2.75, 3.05) is 20.1 Å². The van der Waals surface area contributed by atoms with Crippen molar-refractivity contribution in [1.29, 1.82) is 0 Å². The van der Waals surface area contributed by atoms with Crippen molar-refractivity contribution < 1.29 is 4.79 Å². The van der Waals surface area contributed by atoms with Gasteiger partial charge in [0.25, 0.3) is 5.91 Å². The minimum atomic E-state index is -0.0323. The number of nitrogens with one attached hydrogen (secondary N) is 2. The van der Waals surface area contributed by atoms with E-state index >= 15 is 0 Å². The first-order valence-corrected chi connectivity index (χ1v) is 5.54. The molecule has 1 fully saturated rings. The van der Waals surface area contributed by atoms with Crippen molar-refractivity contribution in [1.82, 2.24) is 25.6 Å². The molecule has 2 N–H and O–H groups in total. The molecule has 0 spiro atoms. The van der Waals surface area contributed by atoms with Crippen molar-refractivity contribution in [2.24, 2.45) is 5.92 Å². The van der Waals surface area contributed by atoms with Gasteiger partial charge in [-0.3, -0.25) is 4.79 Å². The molecule has 0 aliphatic carbocycles. The van der Waals surface area contributed by atoms with Gasteiger partial charge >= 0.3 is 0 Å². The van der Waals surface area contributed by atoms with Gasteiger partial charge in [-0.2, -0.15) is 15.4 Å². The number of rotatable bonds is 2. The number of likely N-dealkylation sites (tertiary alicyclic amines) is 1. The lowest BCUT2D eigenvalue weighted by atomic mass is 9.94. The van der Waals surface area contributed by atoms with E-state index in [0.717, 1.165) is 19.5 Å². The minimum absolute atomic E-state index is 0.0323. The molecule has 1 aromatic heterocycles. The molecular formula is C10H17N5O. The third-order valence-corrected chi connectivity index (χ3v) is 3.20. The van der Waals surface area contributed by atoms with Crippen LogP contribution in [0.3, 0.4) is 0 Å². The fourth-order valence-electron chi connectivity index (χ4n) is 2.23. The molecular weight excluding hydrogens is 206 g/mol. The van der Waals surface area contributed by atoms with Gasteiger partial charge in [-0.15, -0.1) is 0 Å². The zero-order valence-electron chi connectivity index (χ0n) is 9.60. The van der Waals surface area contributed by atoms with Crippen LogP contribution in [0.1, 0.15) is 23.8 Å². The minimum Gasteiger partial charge on any atom is -0.337 e. The summed E-state index contributed by atoms with van der Waals surface area (Å²) >= 11 is 0. The Morgan fingerprint density at radius 3 is 3.06 bits per heavy atom. The molecule has 2 rings (SSSR count). The van der Waals surface area contributed by atoms with Gasteiger partial charge in [0.1, 0.15) is 0 Å². The van der Waals surface area contributed by atoms with Gasteiger partial charge in [0.15, 0.2) is 5.69 Å². The van der Waals surface area contributed by atoms with Crippen LogP contribution < -0.4 is 5.32 Å². The Hall–Kier alpha value is -1.43. The summed E-state index contributed by atoms with van der Waals surface area (Å²) in [5.41, 5.74) is 0.398. The second-order valence-electron chi connectivity index (χ2n) is 4.27. The number of aromatic nitrogens is 3. The van der Waals surface area contributed by atoms with Gasteiger partial charge in [0, 0.05) is 19.1 Å². The molecule has 1 amide bonds. The number of H-pyrrole nitrogens is 1. The van der Waals surface area contributed by atoms with Gasteiger partial charge in [-0.25, -0.2) is 0 Å². The highest BCUT2D eigenvalue weighted by atomic mass is 16.2. The number of amides is 1. The van der Waals surface area contributed by atoms with Gasteiger partial charge < -0.3 is 10.2 Å². The highest BCUT2D eigenvalue weighted by Gasteiger charge is 2.28. The van der Waals surface area contributed by atoms with Crippen LogP contribution in [0.25, 0.3) is 0 Å². The van der Waals surface area contributed by atoms with E-state index in [1.165, 1.54) is 6.20 Å². The fourth-order valence-corrected chi connectivity index (χ4v) is 2.23. The highest BCUT2D eigenvalue weighted by Crippen LogP contribution is 2.17. The molecule has 0 aromatic carbocycles. The summed E-state index contributed by atoms with van der Waals surface area (Å²) in [6.07, 6.45) is 2.46. The van der Waals surface area contributed by atoms with Crippen LogP contribution in [0.2, 0.25) is 0 Å². The maximum atomic E-state index is 12.0. The maximum absolute atomic E-state index is 12.0. The summed E-state index contributed by atoms with van der Waals surface area (Å²) in [4.78, 5) is 13.8. The molecule has 88 valence electrons. The predicted octanol–water partition coefficient (Wildman–Crippen LogP) is -0.125. The van der Waals surface area contributed by atoms with E-state index in [-0.39, 0.29) is 5.91 Å². The second-order valence-corrected chi connectivity index (χ2v) is 4.27. The predicted molar refractivity (Wildman–Crippen MR) is 58.9 cm³/mol. The number of carbonyl (C=O) groups excluding carboxylic acids is 1. The van der Waals surface area contributed by atoms with Crippen LogP contribution in [0.4, 0.5) is 0 Å². The van der Waals surface area contributed by atoms with Gasteiger partial charge in [0.2, 0.25) is 0 Å². The van der Waals surface area contributed by atoms with Crippen molar-refractivity contribution in [2.45, 2.75) is 19.4 Å². The Bertz CT molecular complexity index is 350. The molecule has 1 aliphatic heterocycles. The van der Waals surface area contributed by atoms with E-state index in [9.17, 15) is 4.79 Å². The summed E-state index contributed by atoms with van der Waals surface area (Å²) < 4.78 is 0. The van der Waals surface area contributed by atoms with E-state index in [2.05, 4.69) is 27.7 Å². The van der Waals surface area contributed by atoms with Crippen LogP contribution >= 0.6 is 0 Å². The van der Waals surface area contributed by atoms with Crippen molar-refractivity contribution in [3.63, 3.8) is 0 Å². The fraction of sp³-hybridized carbons (Fsp3) is 0.700. The lowest BCUT2D eigenvalue weighted by Gasteiger charge is -2.36. The van der Waals surface area contributed by atoms with Crippen LogP contribution in [-0.2, 0) is 0 Å². The van der Waals surface area contributed by atoms with E-state index in [4.69, 9.17) is 0 Å². The monoisotopic (exact) mass is 223 g/mol. The Labute approximate surface area is 94.4 Å². The number of aromatic amines is 1. The molecule has 1 aromatic rings. The first kappa shape index (κ1) is 11.1. The molecule has 1 saturated heterocycles. The topological polar surface area (TPSA) is 73.9 Å². The first-order valence-electron chi connectivity index (χ1n) is 5.54. The Morgan fingerprint density at radius 2 is 2.50 bits per heavy atom. The standard InChI is InChI=1S/C10H17N5O/c1-7-6-15(4-3-8(7)11-2)10(16)9-5-12-14-13-9/h5,7-8,11H,3-4,6H2,1-2H3,(H,12,13,14). The molecule has 0 saturated carbocycles. The number of nitrogens with zero attached hydrogens (tertiary/aromatic N) is 3. The maximum Gasteiger partial charge on any atom is 0.276 e. The lowest BCUT2D eigenvalue weighted by molar-refractivity contribution is 0.0643. The Morgan fingerprint density at radius 1 is 1.69 bits per heavy atom. The zero-order chi connectivity index (χ0) is 11.5. The van der Waals surface area contributed by atoms with Crippen LogP contribution in [-0.4, -0.2) is 52.4 Å². The molecule has 2 heterocycles. The first-order chi connectivity index (χ1) is 7.72. The number of hydrogen-bond acceptors (Lipinski definition) is 4. The van der Waals surface area contributed by atoms with Crippen molar-refractivity contribution in [3.05, 3.63) is 11.9 Å². The van der Waals surface area contributed by atoms with Gasteiger partial charge in [0.05, 0.1) is 6.20 Å². The average molecular weight is 223 g/mol. The molecule has 0 radical (unpaired) electrons. The Kier molecular flexibility index (Phi) is 3.19. The summed E-state index contributed by atoms with van der Waals surface area (Å²) in [6.45, 7) is 3.71. The molecule has 2 unspecified atom stereocenters. The third kappa shape index (κ3) is 2.06. The van der Waals surface area contributed by atoms with Gasteiger partial charge in [-0.1, -0.05) is 6.92 Å². The van der Waals surface area contributed by atoms with E-state index in [0.29, 0.717) is 17.7 Å². The lowest BCUT2D eigenvalue weighted by Crippen LogP contribution is -2.49. The van der Waals surface area contributed by atoms with Crippen LogP contribution in [0.15, 0.2) is 6.20 Å². The average Bonchev–Trinajstić information content (AvgIpc) is 2.81. The van der Waals surface area contributed by atoms with Gasteiger partial charge in [-0.05, 0) is 19.4 Å². The molecule has 6 nitrogen and oxygen atoms in total. The molecule has 2 atom stereocenters. The highest BCUT2D eigenvalue weighted by molar-refractivity contribution is 5.91. The quantitative estimate of drug-likeness (QED) is 0.732. The van der Waals surface area contributed by atoms with Crippen molar-refractivity contribution >= 4 is 5.91 Å². The van der Waals surface area contributed by atoms with Crippen LogP contribution in [0.5, 0.6) is 0 Å². The van der Waals surface area contributed by atoms with E-state index < -0.39 is 0 Å². The number of carbonyl (C=O) groups is 1. The Balaban J connectivity index is 2.00. The summed E-state index contributed by atoms with van der Waals surface area (Å²) in [7, 11) is 1.97.